The summed E-state index contributed by atoms with van der Waals surface area (Å²) in [7, 11) is 0. The Balaban J connectivity index is 1.64. The zero-order valence-corrected chi connectivity index (χ0v) is 13.3. The molecule has 0 radical (unpaired) electrons. The average Bonchev–Trinajstić information content (AvgIpc) is 2.90. The Bertz CT molecular complexity index is 431. The molecule has 0 spiro atoms. The van der Waals surface area contributed by atoms with Crippen LogP contribution in [0, 0.1) is 17.8 Å². The highest BCUT2D eigenvalue weighted by atomic mass is 16.6. The molecule has 1 heterocycles. The van der Waals surface area contributed by atoms with Gasteiger partial charge in [0.2, 0.25) is 5.91 Å². The van der Waals surface area contributed by atoms with Crippen molar-refractivity contribution in [3.05, 3.63) is 0 Å². The van der Waals surface area contributed by atoms with Gasteiger partial charge in [-0.25, -0.2) is 14.8 Å². The molecule has 2 saturated carbocycles. The molecule has 1 saturated heterocycles. The molecule has 2 atom stereocenters. The van der Waals surface area contributed by atoms with Gasteiger partial charge in [-0.2, -0.15) is 0 Å². The van der Waals surface area contributed by atoms with Gasteiger partial charge >= 0.3 is 6.09 Å². The molecule has 3 aliphatic rings. The molecule has 0 N–H and O–H groups in total. The summed E-state index contributed by atoms with van der Waals surface area (Å²) in [5.41, 5.74) is -0.526. The van der Waals surface area contributed by atoms with Crippen LogP contribution in [0.25, 0.3) is 0 Å². The molecule has 2 aliphatic carbocycles. The first-order valence-electron chi connectivity index (χ1n) is 8.20. The summed E-state index contributed by atoms with van der Waals surface area (Å²) in [5, 5.41) is 3.16. The molecule has 5 heteroatoms. The fourth-order valence-electron chi connectivity index (χ4n) is 3.88. The van der Waals surface area contributed by atoms with E-state index in [4.69, 9.17) is 4.74 Å². The van der Waals surface area contributed by atoms with E-state index in [2.05, 4.69) is 0 Å². The third-order valence-corrected chi connectivity index (χ3v) is 4.83. The van der Waals surface area contributed by atoms with Crippen molar-refractivity contribution in [3.63, 3.8) is 0 Å². The zero-order chi connectivity index (χ0) is 15.2. The van der Waals surface area contributed by atoms with Gasteiger partial charge in [-0.15, -0.1) is 0 Å². The van der Waals surface area contributed by atoms with Crippen molar-refractivity contribution in [2.75, 3.05) is 13.1 Å². The Kier molecular flexibility index (Phi) is 3.62. The van der Waals surface area contributed by atoms with Crippen molar-refractivity contribution < 1.29 is 14.3 Å². The lowest BCUT2D eigenvalue weighted by atomic mass is 10.0. The summed E-state index contributed by atoms with van der Waals surface area (Å²) in [5.74, 6) is 1.46. The van der Waals surface area contributed by atoms with E-state index in [1.54, 1.807) is 5.01 Å². The number of ether oxygens (including phenoxy) is 1. The van der Waals surface area contributed by atoms with Gasteiger partial charge in [-0.3, -0.25) is 4.79 Å². The second-order valence-corrected chi connectivity index (χ2v) is 7.56. The predicted octanol–water partition coefficient (Wildman–Crippen LogP) is 2.81. The molecular formula is C16H26N2O3. The standard InChI is InChI=1S/C16H26N2O3/c1-16(2,3)21-15(20)18-10-6-9-17(18)14(19)13-11-7-4-5-8-12(11)13/h11-13H,4-10H2,1-3H3/t11-,12-/m1/s1. The van der Waals surface area contributed by atoms with E-state index in [-0.39, 0.29) is 11.8 Å². The molecule has 118 valence electrons. The molecule has 21 heavy (non-hydrogen) atoms. The Labute approximate surface area is 126 Å². The lowest BCUT2D eigenvalue weighted by Gasteiger charge is -2.30. The van der Waals surface area contributed by atoms with Crippen LogP contribution in [0.5, 0.6) is 0 Å². The van der Waals surface area contributed by atoms with E-state index in [9.17, 15) is 9.59 Å². The number of carbonyl (C=O) groups excluding carboxylic acids is 2. The van der Waals surface area contributed by atoms with Crippen LogP contribution in [-0.4, -0.2) is 40.7 Å². The smallest absolute Gasteiger partial charge is 0.429 e. The first-order chi connectivity index (χ1) is 9.88. The SMILES string of the molecule is CC(C)(C)OC(=O)N1CCCN1C(=O)C1[C@@H]2CCCC[C@@H]12. The van der Waals surface area contributed by atoms with Gasteiger partial charge in [0.1, 0.15) is 5.60 Å². The van der Waals surface area contributed by atoms with Crippen LogP contribution in [0.15, 0.2) is 0 Å². The van der Waals surface area contributed by atoms with Crippen molar-refractivity contribution in [1.29, 1.82) is 0 Å². The highest BCUT2D eigenvalue weighted by molar-refractivity contribution is 5.84. The molecule has 0 aromatic rings. The summed E-state index contributed by atoms with van der Waals surface area (Å²) < 4.78 is 5.41. The Hall–Kier alpha value is -1.26. The second kappa shape index (κ2) is 5.18. The maximum Gasteiger partial charge on any atom is 0.429 e. The molecule has 2 amide bonds. The molecular weight excluding hydrogens is 268 g/mol. The topological polar surface area (TPSA) is 49.9 Å². The predicted molar refractivity (Wildman–Crippen MR) is 78.2 cm³/mol. The van der Waals surface area contributed by atoms with Crippen molar-refractivity contribution in [3.8, 4) is 0 Å². The van der Waals surface area contributed by atoms with Gasteiger partial charge in [0.25, 0.3) is 0 Å². The molecule has 1 aliphatic heterocycles. The average molecular weight is 294 g/mol. The molecule has 5 nitrogen and oxygen atoms in total. The maximum absolute atomic E-state index is 12.7. The fraction of sp³-hybridized carbons (Fsp3) is 0.875. The highest BCUT2D eigenvalue weighted by Gasteiger charge is 2.57. The molecule has 3 rings (SSSR count). The van der Waals surface area contributed by atoms with E-state index in [0.29, 0.717) is 24.9 Å². The quantitative estimate of drug-likeness (QED) is 0.747. The van der Waals surface area contributed by atoms with Gasteiger partial charge < -0.3 is 4.74 Å². The summed E-state index contributed by atoms with van der Waals surface area (Å²) >= 11 is 0. The zero-order valence-electron chi connectivity index (χ0n) is 13.3. The van der Waals surface area contributed by atoms with Gasteiger partial charge in [0.05, 0.1) is 0 Å². The van der Waals surface area contributed by atoms with Crippen molar-refractivity contribution in [2.24, 2.45) is 17.8 Å². The monoisotopic (exact) mass is 294 g/mol. The normalized spacial score (nSPS) is 31.9. The molecule has 0 unspecified atom stereocenters. The van der Waals surface area contributed by atoms with Crippen LogP contribution in [0.3, 0.4) is 0 Å². The van der Waals surface area contributed by atoms with Gasteiger partial charge in [-0.1, -0.05) is 12.8 Å². The summed E-state index contributed by atoms with van der Waals surface area (Å²) in [6.45, 7) is 6.78. The third-order valence-electron chi connectivity index (χ3n) is 4.83. The Morgan fingerprint density at radius 1 is 0.952 bits per heavy atom. The summed E-state index contributed by atoms with van der Waals surface area (Å²) in [6, 6.07) is 0. The Morgan fingerprint density at radius 3 is 2.10 bits per heavy atom. The largest absolute Gasteiger partial charge is 0.442 e. The molecule has 0 aromatic carbocycles. The molecule has 0 bridgehead atoms. The lowest BCUT2D eigenvalue weighted by molar-refractivity contribution is -0.145. The van der Waals surface area contributed by atoms with E-state index in [1.807, 2.05) is 20.8 Å². The van der Waals surface area contributed by atoms with Gasteiger partial charge in [-0.05, 0) is 51.9 Å². The van der Waals surface area contributed by atoms with Gasteiger partial charge in [0, 0.05) is 19.0 Å². The van der Waals surface area contributed by atoms with Crippen molar-refractivity contribution >= 4 is 12.0 Å². The first kappa shape index (κ1) is 14.7. The number of amides is 2. The van der Waals surface area contributed by atoms with Gasteiger partial charge in [0.15, 0.2) is 0 Å². The summed E-state index contributed by atoms with van der Waals surface area (Å²) in [4.78, 5) is 25.0. The van der Waals surface area contributed by atoms with E-state index < -0.39 is 11.7 Å². The number of carbonyl (C=O) groups is 2. The van der Waals surface area contributed by atoms with E-state index in [0.717, 1.165) is 6.42 Å². The summed E-state index contributed by atoms with van der Waals surface area (Å²) in [6.07, 6.45) is 5.31. The van der Waals surface area contributed by atoms with Crippen molar-refractivity contribution in [1.82, 2.24) is 10.0 Å². The minimum Gasteiger partial charge on any atom is -0.442 e. The van der Waals surface area contributed by atoms with Crippen LogP contribution in [0.4, 0.5) is 4.79 Å². The van der Waals surface area contributed by atoms with Crippen LogP contribution >= 0.6 is 0 Å². The van der Waals surface area contributed by atoms with Crippen LogP contribution in [-0.2, 0) is 9.53 Å². The minimum absolute atomic E-state index is 0.148. The molecule has 0 aromatic heterocycles. The Morgan fingerprint density at radius 2 is 1.52 bits per heavy atom. The second-order valence-electron chi connectivity index (χ2n) is 7.56. The number of hydrogen-bond acceptors (Lipinski definition) is 3. The van der Waals surface area contributed by atoms with E-state index >= 15 is 0 Å². The van der Waals surface area contributed by atoms with Crippen LogP contribution in [0.1, 0.15) is 52.9 Å². The lowest BCUT2D eigenvalue weighted by Crippen LogP contribution is -2.47. The van der Waals surface area contributed by atoms with Crippen LogP contribution in [0.2, 0.25) is 0 Å². The number of fused-ring (bicyclic) bond motifs is 1. The van der Waals surface area contributed by atoms with E-state index in [1.165, 1.54) is 30.7 Å². The number of nitrogens with zero attached hydrogens (tertiary/aromatic N) is 2. The van der Waals surface area contributed by atoms with Crippen molar-refractivity contribution in [2.45, 2.75) is 58.5 Å². The third kappa shape index (κ3) is 2.87. The molecule has 3 fully saturated rings. The maximum atomic E-state index is 12.7. The number of hydrogen-bond donors (Lipinski definition) is 0. The first-order valence-corrected chi connectivity index (χ1v) is 8.20. The number of rotatable bonds is 1. The fourth-order valence-corrected chi connectivity index (χ4v) is 3.88. The van der Waals surface area contributed by atoms with Crippen LogP contribution < -0.4 is 0 Å². The minimum atomic E-state index is -0.526. The highest BCUT2D eigenvalue weighted by Crippen LogP contribution is 2.56. The number of hydrazine groups is 1.